The maximum absolute atomic E-state index is 5.84. The van der Waals surface area contributed by atoms with Crippen LogP contribution < -0.4 is 9.64 Å². The first-order valence-corrected chi connectivity index (χ1v) is 10.4. The number of aliphatic imine (C=N–C) groups is 1. The van der Waals surface area contributed by atoms with Gasteiger partial charge in [0.2, 0.25) is 0 Å². The minimum Gasteiger partial charge on any atom is -0.457 e. The highest BCUT2D eigenvalue weighted by Gasteiger charge is 2.29. The second-order valence-electron chi connectivity index (χ2n) is 8.17. The van der Waals surface area contributed by atoms with Crippen molar-refractivity contribution in [1.82, 2.24) is 0 Å². The van der Waals surface area contributed by atoms with Crippen LogP contribution in [0.3, 0.4) is 0 Å². The molecule has 30 heavy (non-hydrogen) atoms. The second-order valence-corrected chi connectivity index (χ2v) is 8.17. The van der Waals surface area contributed by atoms with E-state index in [1.165, 1.54) is 16.8 Å². The molecule has 0 N–H and O–H groups in total. The Kier molecular flexibility index (Phi) is 5.45. The maximum Gasteiger partial charge on any atom is 0.127 e. The number of ether oxygens (including phenoxy) is 1. The normalized spacial score (nSPS) is 15.1. The van der Waals surface area contributed by atoms with Gasteiger partial charge in [-0.15, -0.1) is 0 Å². The van der Waals surface area contributed by atoms with Crippen LogP contribution in [0, 0.1) is 0 Å². The van der Waals surface area contributed by atoms with E-state index in [1.807, 2.05) is 60.8 Å². The van der Waals surface area contributed by atoms with Gasteiger partial charge in [-0.1, -0.05) is 30.3 Å². The van der Waals surface area contributed by atoms with E-state index in [-0.39, 0.29) is 5.54 Å². The van der Waals surface area contributed by atoms with Gasteiger partial charge in [-0.05, 0) is 87.4 Å². The largest absolute Gasteiger partial charge is 0.457 e. The predicted octanol–water partition coefficient (Wildman–Crippen LogP) is 7.25. The number of allylic oxidation sites excluding steroid dienone is 1. The number of rotatable bonds is 5. The standard InChI is InChI=1S/C27H28N2O/c1-5-29-26-16-11-21(17-25(26)20(2)18-27(29,3)4)19-28-22-12-14-24(15-13-22)30-23-9-7-6-8-10-23/h6-19H,5H2,1-4H3. The number of benzene rings is 3. The summed E-state index contributed by atoms with van der Waals surface area (Å²) in [5, 5.41) is 0. The summed E-state index contributed by atoms with van der Waals surface area (Å²) in [6.45, 7) is 9.92. The fourth-order valence-electron chi connectivity index (χ4n) is 4.13. The summed E-state index contributed by atoms with van der Waals surface area (Å²) < 4.78 is 5.84. The molecule has 3 aromatic rings. The molecule has 1 heterocycles. The molecule has 0 atom stereocenters. The van der Waals surface area contributed by atoms with E-state index >= 15 is 0 Å². The van der Waals surface area contributed by atoms with Crippen LogP contribution in [0.5, 0.6) is 11.5 Å². The van der Waals surface area contributed by atoms with Gasteiger partial charge < -0.3 is 9.64 Å². The van der Waals surface area contributed by atoms with Crippen LogP contribution in [-0.4, -0.2) is 18.3 Å². The Hall–Kier alpha value is -3.33. The van der Waals surface area contributed by atoms with E-state index in [2.05, 4.69) is 61.9 Å². The van der Waals surface area contributed by atoms with E-state index < -0.39 is 0 Å². The summed E-state index contributed by atoms with van der Waals surface area (Å²) in [6.07, 6.45) is 4.28. The van der Waals surface area contributed by atoms with E-state index in [1.54, 1.807) is 0 Å². The van der Waals surface area contributed by atoms with E-state index in [0.717, 1.165) is 29.3 Å². The lowest BCUT2D eigenvalue weighted by atomic mass is 9.88. The lowest BCUT2D eigenvalue weighted by Crippen LogP contribution is -2.44. The minimum atomic E-state index is 0.0327. The molecule has 0 saturated carbocycles. The third-order valence-corrected chi connectivity index (χ3v) is 5.50. The number of anilines is 1. The zero-order valence-corrected chi connectivity index (χ0v) is 18.1. The molecule has 0 spiro atoms. The molecule has 0 radical (unpaired) electrons. The van der Waals surface area contributed by atoms with E-state index in [0.29, 0.717) is 0 Å². The van der Waals surface area contributed by atoms with Crippen LogP contribution in [0.15, 0.2) is 83.9 Å². The van der Waals surface area contributed by atoms with Crippen LogP contribution in [0.4, 0.5) is 11.4 Å². The minimum absolute atomic E-state index is 0.0327. The van der Waals surface area contributed by atoms with Crippen molar-refractivity contribution >= 4 is 23.2 Å². The number of hydrogen-bond donors (Lipinski definition) is 0. The molecular formula is C27H28N2O. The highest BCUT2D eigenvalue weighted by molar-refractivity contribution is 5.88. The molecule has 0 bridgehead atoms. The fourth-order valence-corrected chi connectivity index (χ4v) is 4.13. The van der Waals surface area contributed by atoms with Crippen molar-refractivity contribution in [3.05, 3.63) is 90.0 Å². The molecule has 0 aliphatic carbocycles. The number of likely N-dealkylation sites (N-methyl/N-ethyl adjacent to an activating group) is 1. The predicted molar refractivity (Wildman–Crippen MR) is 127 cm³/mol. The van der Waals surface area contributed by atoms with Crippen LogP contribution in [0.25, 0.3) is 5.57 Å². The summed E-state index contributed by atoms with van der Waals surface area (Å²) in [7, 11) is 0. The van der Waals surface area contributed by atoms with Gasteiger partial charge in [-0.25, -0.2) is 0 Å². The van der Waals surface area contributed by atoms with Crippen LogP contribution in [-0.2, 0) is 0 Å². The fraction of sp³-hybridized carbons (Fsp3) is 0.222. The molecule has 0 aromatic heterocycles. The molecule has 0 saturated heterocycles. The Bertz CT molecular complexity index is 1080. The quantitative estimate of drug-likeness (QED) is 0.424. The van der Waals surface area contributed by atoms with Crippen molar-refractivity contribution in [2.24, 2.45) is 4.99 Å². The lowest BCUT2D eigenvalue weighted by Gasteiger charge is -2.42. The van der Waals surface area contributed by atoms with Crippen molar-refractivity contribution < 1.29 is 4.74 Å². The first kappa shape index (κ1) is 20.0. The summed E-state index contributed by atoms with van der Waals surface area (Å²) in [6, 6.07) is 24.2. The molecular weight excluding hydrogens is 368 g/mol. The molecule has 0 unspecified atom stereocenters. The maximum atomic E-state index is 5.84. The molecule has 3 heteroatoms. The van der Waals surface area contributed by atoms with E-state index in [4.69, 9.17) is 4.74 Å². The smallest absolute Gasteiger partial charge is 0.127 e. The second kappa shape index (κ2) is 8.19. The van der Waals surface area contributed by atoms with Gasteiger partial charge in [0.1, 0.15) is 11.5 Å². The SMILES string of the molecule is CCN1c2ccc(C=Nc3ccc(Oc4ccccc4)cc3)cc2C(C)=CC1(C)C. The Morgan fingerprint density at radius 3 is 2.33 bits per heavy atom. The molecule has 0 amide bonds. The Balaban J connectivity index is 1.52. The van der Waals surface area contributed by atoms with Gasteiger partial charge in [0.25, 0.3) is 0 Å². The number of fused-ring (bicyclic) bond motifs is 1. The topological polar surface area (TPSA) is 24.8 Å². The summed E-state index contributed by atoms with van der Waals surface area (Å²) in [4.78, 5) is 7.10. The number of hydrogen-bond acceptors (Lipinski definition) is 3. The lowest BCUT2D eigenvalue weighted by molar-refractivity contribution is 0.483. The zero-order chi connectivity index (χ0) is 21.1. The van der Waals surface area contributed by atoms with Gasteiger partial charge in [0.05, 0.1) is 11.2 Å². The third kappa shape index (κ3) is 4.16. The van der Waals surface area contributed by atoms with Crippen LogP contribution in [0.2, 0.25) is 0 Å². The third-order valence-electron chi connectivity index (χ3n) is 5.50. The van der Waals surface area contributed by atoms with Crippen molar-refractivity contribution in [3.63, 3.8) is 0 Å². The van der Waals surface area contributed by atoms with Crippen LogP contribution >= 0.6 is 0 Å². The van der Waals surface area contributed by atoms with Crippen molar-refractivity contribution in [2.75, 3.05) is 11.4 Å². The average Bonchev–Trinajstić information content (AvgIpc) is 2.74. The van der Waals surface area contributed by atoms with Gasteiger partial charge in [-0.2, -0.15) is 0 Å². The molecule has 1 aliphatic heterocycles. The summed E-state index contributed by atoms with van der Waals surface area (Å²) >= 11 is 0. The zero-order valence-electron chi connectivity index (χ0n) is 18.1. The average molecular weight is 397 g/mol. The Morgan fingerprint density at radius 2 is 1.63 bits per heavy atom. The number of nitrogens with zero attached hydrogens (tertiary/aromatic N) is 2. The Labute approximate surface area is 179 Å². The summed E-state index contributed by atoms with van der Waals surface area (Å²) in [5.41, 5.74) is 5.93. The van der Waals surface area contributed by atoms with Gasteiger partial charge in [0.15, 0.2) is 0 Å². The highest BCUT2D eigenvalue weighted by atomic mass is 16.5. The highest BCUT2D eigenvalue weighted by Crippen LogP contribution is 2.38. The molecule has 3 nitrogen and oxygen atoms in total. The molecule has 152 valence electrons. The molecule has 3 aromatic carbocycles. The molecule has 0 fully saturated rings. The first-order valence-electron chi connectivity index (χ1n) is 10.4. The molecule has 4 rings (SSSR count). The molecule has 1 aliphatic rings. The monoisotopic (exact) mass is 396 g/mol. The van der Waals surface area contributed by atoms with Crippen molar-refractivity contribution in [2.45, 2.75) is 33.2 Å². The van der Waals surface area contributed by atoms with Crippen LogP contribution in [0.1, 0.15) is 38.8 Å². The van der Waals surface area contributed by atoms with Gasteiger partial charge >= 0.3 is 0 Å². The van der Waals surface area contributed by atoms with Crippen molar-refractivity contribution in [3.8, 4) is 11.5 Å². The first-order chi connectivity index (χ1) is 14.5. The van der Waals surface area contributed by atoms with E-state index in [9.17, 15) is 0 Å². The van der Waals surface area contributed by atoms with Gasteiger partial charge in [0, 0.05) is 24.0 Å². The Morgan fingerprint density at radius 1 is 0.933 bits per heavy atom. The number of para-hydroxylation sites is 1. The van der Waals surface area contributed by atoms with Crippen molar-refractivity contribution in [1.29, 1.82) is 0 Å². The summed E-state index contributed by atoms with van der Waals surface area (Å²) in [5.74, 6) is 1.63. The van der Waals surface area contributed by atoms with Gasteiger partial charge in [-0.3, -0.25) is 4.99 Å².